The van der Waals surface area contributed by atoms with Crippen LogP contribution in [0.3, 0.4) is 0 Å². The van der Waals surface area contributed by atoms with Gasteiger partial charge >= 0.3 is 0 Å². The average molecular weight is 341 g/mol. The molecule has 0 spiro atoms. The second kappa shape index (κ2) is 7.24. The maximum Gasteiger partial charge on any atom is 0.271 e. The summed E-state index contributed by atoms with van der Waals surface area (Å²) in [7, 11) is 0. The molecule has 2 N–H and O–H groups in total. The van der Waals surface area contributed by atoms with Crippen LogP contribution in [0.15, 0.2) is 42.5 Å². The third-order valence-corrected chi connectivity index (χ3v) is 3.31. The Hall–Kier alpha value is -2.11. The summed E-state index contributed by atoms with van der Waals surface area (Å²) in [5.41, 5.74) is 5.09. The number of hydrogen-bond donors (Lipinski definition) is 2. The second-order valence-electron chi connectivity index (χ2n) is 4.43. The zero-order chi connectivity index (χ0) is 16.1. The fraction of sp³-hybridized carbons (Fsp3) is 0.0667. The topological polar surface area (TPSA) is 58.2 Å². The van der Waals surface area contributed by atoms with Gasteiger partial charge in [0, 0.05) is 5.02 Å². The van der Waals surface area contributed by atoms with Crippen LogP contribution in [0.4, 0.5) is 4.39 Å². The van der Waals surface area contributed by atoms with Crippen molar-refractivity contribution in [2.75, 3.05) is 0 Å². The van der Waals surface area contributed by atoms with Crippen LogP contribution in [0.5, 0.6) is 0 Å². The molecule has 4 nitrogen and oxygen atoms in total. The Morgan fingerprint density at radius 1 is 1.05 bits per heavy atom. The van der Waals surface area contributed by atoms with Crippen molar-refractivity contribution in [2.45, 2.75) is 6.42 Å². The van der Waals surface area contributed by atoms with Crippen molar-refractivity contribution in [3.05, 3.63) is 69.5 Å². The number of carbonyl (C=O) groups excluding carboxylic acids is 2. The molecule has 2 aromatic carbocycles. The fourth-order valence-corrected chi connectivity index (χ4v) is 2.12. The molecule has 2 aromatic rings. The minimum Gasteiger partial charge on any atom is -0.273 e. The highest BCUT2D eigenvalue weighted by Crippen LogP contribution is 2.20. The van der Waals surface area contributed by atoms with Crippen LogP contribution in [0.25, 0.3) is 0 Å². The molecule has 0 saturated carbocycles. The molecule has 0 aliphatic heterocycles. The van der Waals surface area contributed by atoms with E-state index in [2.05, 4.69) is 10.9 Å². The first-order chi connectivity index (χ1) is 10.5. The van der Waals surface area contributed by atoms with Crippen LogP contribution in [-0.2, 0) is 11.2 Å². The van der Waals surface area contributed by atoms with E-state index >= 15 is 0 Å². The molecule has 0 atom stereocenters. The van der Waals surface area contributed by atoms with Crippen LogP contribution in [-0.4, -0.2) is 11.8 Å². The Labute approximate surface area is 136 Å². The normalized spacial score (nSPS) is 10.1. The van der Waals surface area contributed by atoms with E-state index in [1.165, 1.54) is 30.3 Å². The van der Waals surface area contributed by atoms with Crippen LogP contribution < -0.4 is 10.9 Å². The quantitative estimate of drug-likeness (QED) is 0.843. The van der Waals surface area contributed by atoms with Gasteiger partial charge in [0.15, 0.2) is 0 Å². The molecule has 22 heavy (non-hydrogen) atoms. The molecule has 0 heterocycles. The maximum atomic E-state index is 13.0. The van der Waals surface area contributed by atoms with Crippen LogP contribution >= 0.6 is 23.2 Å². The number of carbonyl (C=O) groups is 2. The lowest BCUT2D eigenvalue weighted by atomic mass is 10.1. The predicted octanol–water partition coefficient (Wildman–Crippen LogP) is 3.14. The first-order valence-corrected chi connectivity index (χ1v) is 7.00. The summed E-state index contributed by atoms with van der Waals surface area (Å²) in [6.45, 7) is 0. The van der Waals surface area contributed by atoms with E-state index in [1.54, 1.807) is 12.1 Å². The van der Waals surface area contributed by atoms with Gasteiger partial charge in [-0.15, -0.1) is 0 Å². The van der Waals surface area contributed by atoms with Gasteiger partial charge in [-0.3, -0.25) is 20.4 Å². The van der Waals surface area contributed by atoms with Crippen LogP contribution in [0, 0.1) is 5.82 Å². The van der Waals surface area contributed by atoms with Crippen molar-refractivity contribution in [3.63, 3.8) is 0 Å². The van der Waals surface area contributed by atoms with E-state index in [9.17, 15) is 14.0 Å². The van der Waals surface area contributed by atoms with Gasteiger partial charge in [0.25, 0.3) is 5.91 Å². The van der Waals surface area contributed by atoms with E-state index in [-0.39, 0.29) is 17.0 Å². The summed E-state index contributed by atoms with van der Waals surface area (Å²) in [5, 5.41) is 0.557. The molecule has 0 radical (unpaired) electrons. The number of rotatable bonds is 3. The van der Waals surface area contributed by atoms with Crippen molar-refractivity contribution in [3.8, 4) is 0 Å². The molecule has 0 unspecified atom stereocenters. The highest BCUT2D eigenvalue weighted by molar-refractivity contribution is 6.35. The van der Waals surface area contributed by atoms with Gasteiger partial charge in [0.2, 0.25) is 5.91 Å². The van der Waals surface area contributed by atoms with E-state index in [0.29, 0.717) is 10.6 Å². The Kier molecular flexibility index (Phi) is 5.35. The predicted molar refractivity (Wildman–Crippen MR) is 82.2 cm³/mol. The van der Waals surface area contributed by atoms with E-state index in [4.69, 9.17) is 23.2 Å². The zero-order valence-corrected chi connectivity index (χ0v) is 12.7. The fourth-order valence-electron chi connectivity index (χ4n) is 1.74. The van der Waals surface area contributed by atoms with Crippen molar-refractivity contribution < 1.29 is 14.0 Å². The number of halogens is 3. The molecule has 0 saturated heterocycles. The molecular weight excluding hydrogens is 330 g/mol. The summed E-state index contributed by atoms with van der Waals surface area (Å²) < 4.78 is 13.0. The smallest absolute Gasteiger partial charge is 0.271 e. The molecule has 0 aliphatic rings. The zero-order valence-electron chi connectivity index (χ0n) is 11.2. The minimum absolute atomic E-state index is 0.0681. The van der Waals surface area contributed by atoms with Gasteiger partial charge in [-0.2, -0.15) is 0 Å². The molecule has 0 aliphatic carbocycles. The highest BCUT2D eigenvalue weighted by Gasteiger charge is 2.12. The molecule has 0 aromatic heterocycles. The van der Waals surface area contributed by atoms with Gasteiger partial charge in [0.05, 0.1) is 17.0 Å². The Morgan fingerprint density at radius 3 is 2.55 bits per heavy atom. The lowest BCUT2D eigenvalue weighted by Crippen LogP contribution is -2.42. The number of amides is 2. The Balaban J connectivity index is 1.93. The largest absolute Gasteiger partial charge is 0.273 e. The number of benzene rings is 2. The van der Waals surface area contributed by atoms with Crippen LogP contribution in [0.2, 0.25) is 10.0 Å². The molecule has 2 rings (SSSR count). The third kappa shape index (κ3) is 4.44. The van der Waals surface area contributed by atoms with E-state index in [1.807, 2.05) is 0 Å². The van der Waals surface area contributed by atoms with E-state index in [0.717, 1.165) is 0 Å². The van der Waals surface area contributed by atoms with Gasteiger partial charge in [-0.25, -0.2) is 4.39 Å². The monoisotopic (exact) mass is 340 g/mol. The molecule has 7 heteroatoms. The van der Waals surface area contributed by atoms with Crippen LogP contribution in [0.1, 0.15) is 15.9 Å². The van der Waals surface area contributed by atoms with Crippen molar-refractivity contribution in [1.82, 2.24) is 10.9 Å². The van der Waals surface area contributed by atoms with E-state index < -0.39 is 17.6 Å². The number of hydrogen-bond acceptors (Lipinski definition) is 2. The molecule has 0 fully saturated rings. The van der Waals surface area contributed by atoms with Crippen molar-refractivity contribution in [1.29, 1.82) is 0 Å². The van der Waals surface area contributed by atoms with Gasteiger partial charge < -0.3 is 0 Å². The molecular formula is C15H11Cl2FN2O2. The van der Waals surface area contributed by atoms with Gasteiger partial charge in [-0.05, 0) is 35.9 Å². The van der Waals surface area contributed by atoms with Gasteiger partial charge in [0.1, 0.15) is 5.82 Å². The average Bonchev–Trinajstić information content (AvgIpc) is 2.47. The maximum absolute atomic E-state index is 13.0. The summed E-state index contributed by atoms with van der Waals surface area (Å²) in [4.78, 5) is 23.6. The summed E-state index contributed by atoms with van der Waals surface area (Å²) in [6, 6.07) is 10.1. The number of hydrazine groups is 1. The number of nitrogens with one attached hydrogen (secondary N) is 2. The van der Waals surface area contributed by atoms with Crippen molar-refractivity contribution in [2.24, 2.45) is 0 Å². The molecule has 2 amide bonds. The highest BCUT2D eigenvalue weighted by atomic mass is 35.5. The lowest BCUT2D eigenvalue weighted by Gasteiger charge is -2.09. The summed E-state index contributed by atoms with van der Waals surface area (Å²) in [6.07, 6.45) is -0.0681. The summed E-state index contributed by atoms with van der Waals surface area (Å²) in [5.74, 6) is -1.52. The Morgan fingerprint density at radius 2 is 1.82 bits per heavy atom. The Bertz CT molecular complexity index is 722. The molecule has 0 bridgehead atoms. The lowest BCUT2D eigenvalue weighted by molar-refractivity contribution is -0.121. The minimum atomic E-state index is -0.597. The standard InChI is InChI=1S/C15H11Cl2FN2O2/c16-10-4-5-13(17)12(8-10)15(22)20-19-14(21)7-9-2-1-3-11(18)6-9/h1-6,8H,7H2,(H,19,21)(H,20,22). The molecule has 114 valence electrons. The van der Waals surface area contributed by atoms with Gasteiger partial charge in [-0.1, -0.05) is 35.3 Å². The first-order valence-electron chi connectivity index (χ1n) is 6.24. The first kappa shape index (κ1) is 16.3. The third-order valence-electron chi connectivity index (χ3n) is 2.74. The van der Waals surface area contributed by atoms with Crippen molar-refractivity contribution >= 4 is 35.0 Å². The second-order valence-corrected chi connectivity index (χ2v) is 5.28. The SMILES string of the molecule is O=C(Cc1cccc(F)c1)NNC(=O)c1cc(Cl)ccc1Cl. The summed E-state index contributed by atoms with van der Waals surface area (Å²) >= 11 is 11.7.